The van der Waals surface area contributed by atoms with Crippen LogP contribution in [0.25, 0.3) is 10.9 Å². The number of benzene rings is 1. The van der Waals surface area contributed by atoms with E-state index < -0.39 is 0 Å². The lowest BCUT2D eigenvalue weighted by Crippen LogP contribution is -2.50. The topological polar surface area (TPSA) is 72.2 Å². The number of aromatic nitrogens is 2. The Balaban J connectivity index is 1.46. The van der Waals surface area contributed by atoms with E-state index in [0.29, 0.717) is 37.4 Å². The highest BCUT2D eigenvalue weighted by Crippen LogP contribution is 2.20. The van der Waals surface area contributed by atoms with Crippen molar-refractivity contribution in [2.24, 2.45) is 0 Å². The Morgan fingerprint density at radius 1 is 0.833 bits per heavy atom. The summed E-state index contributed by atoms with van der Waals surface area (Å²) in [6.45, 7) is 2.19. The van der Waals surface area contributed by atoms with Crippen LogP contribution >= 0.6 is 0 Å². The molecule has 0 atom stereocenters. The van der Waals surface area contributed by atoms with Crippen molar-refractivity contribution in [3.05, 3.63) is 60.0 Å². The van der Waals surface area contributed by atoms with Gasteiger partial charge in [0.05, 0.1) is 5.56 Å². The second-order valence-corrected chi connectivity index (χ2v) is 5.92. The number of hydrogen-bond acceptors (Lipinski definition) is 2. The minimum Gasteiger partial charge on any atom is -0.360 e. The fourth-order valence-electron chi connectivity index (χ4n) is 3.17. The van der Waals surface area contributed by atoms with Gasteiger partial charge in [-0.05, 0) is 18.2 Å². The largest absolute Gasteiger partial charge is 0.360 e. The van der Waals surface area contributed by atoms with Crippen molar-refractivity contribution < 1.29 is 9.59 Å². The first-order valence-electron chi connectivity index (χ1n) is 8.02. The maximum atomic E-state index is 12.8. The molecule has 1 saturated heterocycles. The summed E-state index contributed by atoms with van der Waals surface area (Å²) >= 11 is 0. The van der Waals surface area contributed by atoms with Crippen molar-refractivity contribution in [2.45, 2.75) is 0 Å². The third kappa shape index (κ3) is 2.46. The fourth-order valence-corrected chi connectivity index (χ4v) is 3.17. The third-order valence-corrected chi connectivity index (χ3v) is 4.50. The van der Waals surface area contributed by atoms with Gasteiger partial charge >= 0.3 is 0 Å². The molecule has 4 rings (SSSR count). The van der Waals surface area contributed by atoms with Gasteiger partial charge in [-0.25, -0.2) is 0 Å². The van der Waals surface area contributed by atoms with Gasteiger partial charge in [0.25, 0.3) is 11.8 Å². The number of nitrogens with zero attached hydrogens (tertiary/aromatic N) is 2. The summed E-state index contributed by atoms with van der Waals surface area (Å²) in [5.41, 5.74) is 2.24. The van der Waals surface area contributed by atoms with Crippen LogP contribution in [-0.2, 0) is 0 Å². The van der Waals surface area contributed by atoms with E-state index in [1.807, 2.05) is 35.2 Å². The van der Waals surface area contributed by atoms with Crippen LogP contribution in [0.2, 0.25) is 0 Å². The standard InChI is InChI=1S/C18H18N4O2/c23-17(14-12-20-15-5-2-1-4-13(14)15)21-8-10-22(11-9-21)18(24)16-6-3-7-19-16/h1-7,12,19-20H,8-11H2. The number of piperazine rings is 1. The van der Waals surface area contributed by atoms with E-state index in [9.17, 15) is 9.59 Å². The van der Waals surface area contributed by atoms with Crippen molar-refractivity contribution in [3.8, 4) is 0 Å². The molecule has 0 radical (unpaired) electrons. The number of amides is 2. The first-order valence-corrected chi connectivity index (χ1v) is 8.02. The zero-order chi connectivity index (χ0) is 16.5. The van der Waals surface area contributed by atoms with Crippen LogP contribution in [0.1, 0.15) is 20.8 Å². The molecule has 0 saturated carbocycles. The molecule has 2 aromatic heterocycles. The Kier molecular flexibility index (Phi) is 3.57. The predicted octanol–water partition coefficient (Wildman–Crippen LogP) is 2.09. The fraction of sp³-hybridized carbons (Fsp3) is 0.222. The molecule has 0 bridgehead atoms. The summed E-state index contributed by atoms with van der Waals surface area (Å²) in [7, 11) is 0. The predicted molar refractivity (Wildman–Crippen MR) is 90.9 cm³/mol. The van der Waals surface area contributed by atoms with E-state index in [1.165, 1.54) is 0 Å². The number of para-hydroxylation sites is 1. The summed E-state index contributed by atoms with van der Waals surface area (Å²) in [6.07, 6.45) is 3.51. The molecular weight excluding hydrogens is 304 g/mol. The summed E-state index contributed by atoms with van der Waals surface area (Å²) < 4.78 is 0. The summed E-state index contributed by atoms with van der Waals surface area (Å²) in [5, 5.41) is 0.937. The van der Waals surface area contributed by atoms with Crippen molar-refractivity contribution in [3.63, 3.8) is 0 Å². The smallest absolute Gasteiger partial charge is 0.270 e. The second-order valence-electron chi connectivity index (χ2n) is 5.92. The minimum atomic E-state index is -0.0146. The van der Waals surface area contributed by atoms with Crippen molar-refractivity contribution in [1.82, 2.24) is 19.8 Å². The van der Waals surface area contributed by atoms with E-state index in [0.717, 1.165) is 10.9 Å². The first-order chi connectivity index (χ1) is 11.7. The lowest BCUT2D eigenvalue weighted by Gasteiger charge is -2.34. The van der Waals surface area contributed by atoms with Gasteiger partial charge < -0.3 is 19.8 Å². The number of rotatable bonds is 2. The van der Waals surface area contributed by atoms with Gasteiger partial charge in [0.1, 0.15) is 5.69 Å². The van der Waals surface area contributed by atoms with E-state index in [1.54, 1.807) is 23.4 Å². The maximum absolute atomic E-state index is 12.8. The molecule has 0 unspecified atom stereocenters. The van der Waals surface area contributed by atoms with Crippen molar-refractivity contribution in [2.75, 3.05) is 26.2 Å². The number of aromatic amines is 2. The molecule has 0 aliphatic carbocycles. The van der Waals surface area contributed by atoms with Crippen LogP contribution in [0, 0.1) is 0 Å². The second kappa shape index (κ2) is 5.88. The van der Waals surface area contributed by atoms with Crippen LogP contribution < -0.4 is 0 Å². The first kappa shape index (κ1) is 14.6. The average molecular weight is 322 g/mol. The quantitative estimate of drug-likeness (QED) is 0.758. The number of hydrogen-bond donors (Lipinski definition) is 2. The Labute approximate surface area is 139 Å². The van der Waals surface area contributed by atoms with Crippen LogP contribution in [0.3, 0.4) is 0 Å². The van der Waals surface area contributed by atoms with E-state index >= 15 is 0 Å². The van der Waals surface area contributed by atoms with Gasteiger partial charge in [-0.15, -0.1) is 0 Å². The molecule has 1 aliphatic heterocycles. The molecule has 6 heteroatoms. The molecule has 2 N–H and O–H groups in total. The Morgan fingerprint density at radius 3 is 2.25 bits per heavy atom. The summed E-state index contributed by atoms with van der Waals surface area (Å²) in [5.74, 6) is -0.00128. The monoisotopic (exact) mass is 322 g/mol. The van der Waals surface area contributed by atoms with Gasteiger partial charge in [0.2, 0.25) is 0 Å². The summed E-state index contributed by atoms with van der Waals surface area (Å²) in [6, 6.07) is 11.4. The maximum Gasteiger partial charge on any atom is 0.270 e. The molecule has 2 amide bonds. The van der Waals surface area contributed by atoms with Gasteiger partial charge in [-0.1, -0.05) is 18.2 Å². The van der Waals surface area contributed by atoms with Crippen LogP contribution in [-0.4, -0.2) is 57.8 Å². The highest BCUT2D eigenvalue weighted by atomic mass is 16.2. The molecule has 3 heterocycles. The Bertz CT molecular complexity index is 873. The number of nitrogens with one attached hydrogen (secondary N) is 2. The molecule has 122 valence electrons. The van der Waals surface area contributed by atoms with Crippen molar-refractivity contribution >= 4 is 22.7 Å². The van der Waals surface area contributed by atoms with Gasteiger partial charge in [-0.2, -0.15) is 0 Å². The zero-order valence-corrected chi connectivity index (χ0v) is 13.2. The van der Waals surface area contributed by atoms with E-state index in [2.05, 4.69) is 9.97 Å². The van der Waals surface area contributed by atoms with Crippen molar-refractivity contribution in [1.29, 1.82) is 0 Å². The molecule has 6 nitrogen and oxygen atoms in total. The molecule has 1 fully saturated rings. The number of fused-ring (bicyclic) bond motifs is 1. The molecule has 24 heavy (non-hydrogen) atoms. The molecule has 0 spiro atoms. The molecule has 1 aliphatic rings. The van der Waals surface area contributed by atoms with E-state index in [-0.39, 0.29) is 11.8 Å². The third-order valence-electron chi connectivity index (χ3n) is 4.50. The molecule has 1 aromatic carbocycles. The molecule has 3 aromatic rings. The Morgan fingerprint density at radius 2 is 1.54 bits per heavy atom. The van der Waals surface area contributed by atoms with Gasteiger partial charge in [-0.3, -0.25) is 9.59 Å². The highest BCUT2D eigenvalue weighted by Gasteiger charge is 2.26. The van der Waals surface area contributed by atoms with Crippen LogP contribution in [0.4, 0.5) is 0 Å². The minimum absolute atomic E-state index is 0.0134. The normalized spacial score (nSPS) is 15.0. The Hall–Kier alpha value is -3.02. The van der Waals surface area contributed by atoms with Gasteiger partial charge in [0, 0.05) is 49.5 Å². The zero-order valence-electron chi connectivity index (χ0n) is 13.2. The van der Waals surface area contributed by atoms with E-state index in [4.69, 9.17) is 0 Å². The summed E-state index contributed by atoms with van der Waals surface area (Å²) in [4.78, 5) is 34.8. The molecular formula is C18H18N4O2. The van der Waals surface area contributed by atoms with Gasteiger partial charge in [0.15, 0.2) is 0 Å². The van der Waals surface area contributed by atoms with Crippen LogP contribution in [0.15, 0.2) is 48.8 Å². The lowest BCUT2D eigenvalue weighted by atomic mass is 10.1. The number of carbonyl (C=O) groups excluding carboxylic acids is 2. The number of carbonyl (C=O) groups is 2. The average Bonchev–Trinajstić information content (AvgIpc) is 3.30. The number of H-pyrrole nitrogens is 2. The SMILES string of the molecule is O=C(c1ccc[nH]1)N1CCN(C(=O)c2c[nH]c3ccccc23)CC1. The lowest BCUT2D eigenvalue weighted by molar-refractivity contribution is 0.0533. The highest BCUT2D eigenvalue weighted by molar-refractivity contribution is 6.06. The van der Waals surface area contributed by atoms with Crippen LogP contribution in [0.5, 0.6) is 0 Å².